The maximum atomic E-state index is 5.64. The van der Waals surface area contributed by atoms with Gasteiger partial charge in [0.15, 0.2) is 0 Å². The van der Waals surface area contributed by atoms with Gasteiger partial charge in [0, 0.05) is 46.2 Å². The van der Waals surface area contributed by atoms with Crippen molar-refractivity contribution < 1.29 is 0 Å². The van der Waals surface area contributed by atoms with Gasteiger partial charge in [0.1, 0.15) is 11.7 Å². The number of aliphatic imine (C=N–C) groups is 1. The number of rotatable bonds is 5. The monoisotopic (exact) mass is 770 g/mol. The number of aromatic nitrogens is 2. The number of aryl methyl sites for hydroxylation is 1. The number of para-hydroxylation sites is 1. The van der Waals surface area contributed by atoms with Gasteiger partial charge in [-0.25, -0.2) is 4.98 Å². The first-order chi connectivity index (χ1) is 27.5. The summed E-state index contributed by atoms with van der Waals surface area (Å²) in [7, 11) is 0. The molecule has 0 spiro atoms. The lowest BCUT2D eigenvalue weighted by molar-refractivity contribution is 0.218. The number of hydrogen-bond acceptors (Lipinski definition) is 4. The van der Waals surface area contributed by atoms with Crippen molar-refractivity contribution in [3.05, 3.63) is 125 Å². The van der Waals surface area contributed by atoms with Gasteiger partial charge in [0.05, 0.1) is 28.5 Å². The molecule has 5 nitrogen and oxygen atoms in total. The van der Waals surface area contributed by atoms with Crippen LogP contribution in [0.2, 0.25) is 0 Å². The number of anilines is 3. The molecule has 1 atom stereocenters. The minimum absolute atomic E-state index is 0.00104. The van der Waals surface area contributed by atoms with E-state index in [-0.39, 0.29) is 22.3 Å². The van der Waals surface area contributed by atoms with Crippen LogP contribution in [0.3, 0.4) is 0 Å². The molecule has 300 valence electrons. The van der Waals surface area contributed by atoms with Crippen LogP contribution in [0.5, 0.6) is 0 Å². The molecule has 3 aliphatic rings. The first kappa shape index (κ1) is 38.6. The molecule has 9 rings (SSSR count). The van der Waals surface area contributed by atoms with Crippen LogP contribution >= 0.6 is 0 Å². The smallest absolute Gasteiger partial charge is 0.137 e. The molecule has 0 saturated heterocycles. The van der Waals surface area contributed by atoms with Crippen molar-refractivity contribution in [2.24, 2.45) is 10.4 Å². The van der Waals surface area contributed by atoms with Gasteiger partial charge in [-0.05, 0) is 119 Å². The maximum Gasteiger partial charge on any atom is 0.137 e. The van der Waals surface area contributed by atoms with Crippen LogP contribution in [0, 0.1) is 12.3 Å². The fourth-order valence-corrected chi connectivity index (χ4v) is 10.0. The van der Waals surface area contributed by atoms with Crippen LogP contribution in [0.1, 0.15) is 141 Å². The van der Waals surface area contributed by atoms with Crippen molar-refractivity contribution in [2.75, 3.05) is 11.4 Å². The summed E-state index contributed by atoms with van der Waals surface area (Å²) in [5.41, 5.74) is 13.7. The Morgan fingerprint density at radius 3 is 2.21 bits per heavy atom. The second-order valence-corrected chi connectivity index (χ2v) is 20.6. The van der Waals surface area contributed by atoms with E-state index in [0.29, 0.717) is 12.0 Å². The van der Waals surface area contributed by atoms with Crippen molar-refractivity contribution in [1.82, 2.24) is 14.5 Å². The van der Waals surface area contributed by atoms with Gasteiger partial charge < -0.3 is 9.80 Å². The van der Waals surface area contributed by atoms with E-state index in [2.05, 4.69) is 175 Å². The Morgan fingerprint density at radius 1 is 0.741 bits per heavy atom. The zero-order valence-corrected chi connectivity index (χ0v) is 36.9. The lowest BCUT2D eigenvalue weighted by Gasteiger charge is -2.42. The highest BCUT2D eigenvalue weighted by molar-refractivity contribution is 6.12. The quantitative estimate of drug-likeness (QED) is 0.175. The Hall–Kier alpha value is -4.90. The first-order valence-electron chi connectivity index (χ1n) is 22.0. The third-order valence-corrected chi connectivity index (χ3v) is 13.7. The number of fused-ring (bicyclic) bond motifs is 5. The average molecular weight is 770 g/mol. The van der Waals surface area contributed by atoms with Crippen molar-refractivity contribution in [3.63, 3.8) is 0 Å². The average Bonchev–Trinajstić information content (AvgIpc) is 3.78. The van der Waals surface area contributed by atoms with Crippen molar-refractivity contribution >= 4 is 44.7 Å². The molecule has 58 heavy (non-hydrogen) atoms. The van der Waals surface area contributed by atoms with Crippen molar-refractivity contribution in [3.8, 4) is 5.82 Å². The van der Waals surface area contributed by atoms with Crippen LogP contribution in [0.4, 0.5) is 17.1 Å². The predicted octanol–water partition coefficient (Wildman–Crippen LogP) is 13.8. The molecular formula is C53H63N5. The normalized spacial score (nSPS) is 18.6. The molecule has 0 N–H and O–H groups in total. The van der Waals surface area contributed by atoms with Gasteiger partial charge in [0.25, 0.3) is 0 Å². The second kappa shape index (κ2) is 13.9. The van der Waals surface area contributed by atoms with E-state index in [1.165, 1.54) is 110 Å². The molecule has 0 unspecified atom stereocenters. The van der Waals surface area contributed by atoms with Crippen LogP contribution in [-0.2, 0) is 10.8 Å². The van der Waals surface area contributed by atoms with E-state index < -0.39 is 0 Å². The van der Waals surface area contributed by atoms with E-state index in [9.17, 15) is 0 Å². The standard InChI is InChI=1S/C53H63N5/c1-33(2)35-26-36(50-55-48(52(7,8)9)32-56(50)38-17-13-12-14-18-38)28-39(27-35)57-45-20-16-15-19-42(45)53(10,11)43-30-41-40-25-34(3)21-22-44(40)58(46(41)31-47(43)57)49-29-37(23-24-54-49)51(4,5)6/h15-16,19-31,33,38,48H,12-14,17-18,32H2,1-11H3/t48-/m0/s1. The van der Waals surface area contributed by atoms with Crippen LogP contribution in [0.15, 0.2) is 96.1 Å². The molecule has 0 bridgehead atoms. The zero-order chi connectivity index (χ0) is 40.9. The minimum Gasteiger partial charge on any atom is -0.351 e. The van der Waals surface area contributed by atoms with Gasteiger partial charge in [-0.3, -0.25) is 9.56 Å². The van der Waals surface area contributed by atoms with Gasteiger partial charge in [-0.1, -0.05) is 118 Å². The van der Waals surface area contributed by atoms with Crippen molar-refractivity contribution in [1.29, 1.82) is 0 Å². The number of amidine groups is 1. The topological polar surface area (TPSA) is 36.7 Å². The van der Waals surface area contributed by atoms with E-state index in [1.807, 2.05) is 6.20 Å². The zero-order valence-electron chi connectivity index (χ0n) is 36.9. The third-order valence-electron chi connectivity index (χ3n) is 13.7. The molecular weight excluding hydrogens is 707 g/mol. The number of nitrogens with zero attached hydrogens (tertiary/aromatic N) is 5. The fourth-order valence-electron chi connectivity index (χ4n) is 10.0. The Labute approximate surface area is 347 Å². The number of hydrogen-bond donors (Lipinski definition) is 0. The van der Waals surface area contributed by atoms with Crippen LogP contribution < -0.4 is 4.90 Å². The van der Waals surface area contributed by atoms with Gasteiger partial charge in [-0.15, -0.1) is 0 Å². The molecule has 2 aromatic heterocycles. The van der Waals surface area contributed by atoms with Crippen molar-refractivity contribution in [2.45, 2.75) is 137 Å². The fraction of sp³-hybridized carbons (Fsp3) is 0.434. The summed E-state index contributed by atoms with van der Waals surface area (Å²) in [5.74, 6) is 2.50. The Kier molecular flexibility index (Phi) is 9.22. The molecule has 1 aliphatic carbocycles. The summed E-state index contributed by atoms with van der Waals surface area (Å²) in [5, 5.41) is 2.53. The van der Waals surface area contributed by atoms with Gasteiger partial charge in [-0.2, -0.15) is 0 Å². The second-order valence-electron chi connectivity index (χ2n) is 20.6. The molecule has 0 radical (unpaired) electrons. The Balaban J connectivity index is 1.31. The molecule has 0 amide bonds. The van der Waals surface area contributed by atoms with E-state index in [1.54, 1.807) is 0 Å². The number of pyridine rings is 1. The summed E-state index contributed by atoms with van der Waals surface area (Å²) < 4.78 is 2.41. The lowest BCUT2D eigenvalue weighted by atomic mass is 9.73. The summed E-state index contributed by atoms with van der Waals surface area (Å²) in [4.78, 5) is 16.0. The third kappa shape index (κ3) is 6.44. The van der Waals surface area contributed by atoms with E-state index >= 15 is 0 Å². The SMILES string of the molecule is Cc1ccc2c(c1)c1cc3c(cc1n2-c1cc(C(C)(C)C)ccn1)N(c1cc(C2=N[C@H](C(C)(C)C)CN2C2CCCCC2)cc(C(C)C)c1)c1ccccc1C3(C)C. The van der Waals surface area contributed by atoms with E-state index in [4.69, 9.17) is 9.98 Å². The van der Waals surface area contributed by atoms with Gasteiger partial charge >= 0.3 is 0 Å². The molecule has 1 fully saturated rings. The lowest BCUT2D eigenvalue weighted by Crippen LogP contribution is -2.42. The Morgan fingerprint density at radius 2 is 1.48 bits per heavy atom. The largest absolute Gasteiger partial charge is 0.351 e. The van der Waals surface area contributed by atoms with Crippen LogP contribution in [-0.4, -0.2) is 38.9 Å². The highest BCUT2D eigenvalue weighted by atomic mass is 15.3. The minimum atomic E-state index is -0.231. The van der Waals surface area contributed by atoms with Gasteiger partial charge in [0.2, 0.25) is 0 Å². The van der Waals surface area contributed by atoms with E-state index in [0.717, 1.165) is 12.4 Å². The molecule has 5 heteroatoms. The molecule has 4 heterocycles. The highest BCUT2D eigenvalue weighted by Gasteiger charge is 2.40. The highest BCUT2D eigenvalue weighted by Crippen LogP contribution is 2.54. The van der Waals surface area contributed by atoms with Crippen LogP contribution in [0.25, 0.3) is 27.6 Å². The predicted molar refractivity (Wildman–Crippen MR) is 246 cm³/mol. The summed E-state index contributed by atoms with van der Waals surface area (Å²) in [6.45, 7) is 26.6. The molecule has 2 aliphatic heterocycles. The summed E-state index contributed by atoms with van der Waals surface area (Å²) >= 11 is 0. The Bertz CT molecular complexity index is 2580. The summed E-state index contributed by atoms with van der Waals surface area (Å²) in [6.07, 6.45) is 8.46. The summed E-state index contributed by atoms with van der Waals surface area (Å²) in [6, 6.07) is 33.6. The number of benzene rings is 4. The molecule has 1 saturated carbocycles. The maximum absolute atomic E-state index is 5.64. The molecule has 6 aromatic rings. The molecule has 4 aromatic carbocycles. The first-order valence-corrected chi connectivity index (χ1v) is 22.0.